The fourth-order valence-electron chi connectivity index (χ4n) is 2.77. The summed E-state index contributed by atoms with van der Waals surface area (Å²) in [5, 5.41) is 3.65. The van der Waals surface area contributed by atoms with E-state index in [1.807, 2.05) is 31.3 Å². The van der Waals surface area contributed by atoms with Crippen LogP contribution in [0.3, 0.4) is 0 Å². The van der Waals surface area contributed by atoms with Crippen LogP contribution in [0.1, 0.15) is 37.7 Å². The number of halogens is 1. The third-order valence-corrected chi connectivity index (χ3v) is 4.39. The number of likely N-dealkylation sites (N-methyl/N-ethyl adjacent to an activating group) is 1. The number of hydrogen-bond acceptors (Lipinski definition) is 2. The molecule has 1 aromatic carbocycles. The van der Waals surface area contributed by atoms with Gasteiger partial charge < -0.3 is 5.32 Å². The molecule has 0 heterocycles. The minimum Gasteiger partial charge on any atom is -0.351 e. The lowest BCUT2D eigenvalue weighted by Gasteiger charge is -2.30. The van der Waals surface area contributed by atoms with Gasteiger partial charge >= 0.3 is 0 Å². The summed E-state index contributed by atoms with van der Waals surface area (Å²) in [6.45, 7) is 0.964. The van der Waals surface area contributed by atoms with E-state index < -0.39 is 0 Å². The highest BCUT2D eigenvalue weighted by molar-refractivity contribution is 6.31. The van der Waals surface area contributed by atoms with Crippen LogP contribution in [0, 0.1) is 0 Å². The van der Waals surface area contributed by atoms with E-state index in [-0.39, 0.29) is 5.91 Å². The third-order valence-electron chi connectivity index (χ3n) is 4.02. The van der Waals surface area contributed by atoms with Gasteiger partial charge in [-0.1, -0.05) is 49.1 Å². The van der Waals surface area contributed by atoms with Crippen molar-refractivity contribution in [3.63, 3.8) is 0 Å². The Morgan fingerprint density at radius 1 is 1.30 bits per heavy atom. The van der Waals surface area contributed by atoms with E-state index in [9.17, 15) is 4.79 Å². The number of amides is 1. The van der Waals surface area contributed by atoms with Crippen LogP contribution in [0.15, 0.2) is 24.3 Å². The first kappa shape index (κ1) is 15.3. The molecule has 20 heavy (non-hydrogen) atoms. The van der Waals surface area contributed by atoms with Gasteiger partial charge in [-0.05, 0) is 31.5 Å². The van der Waals surface area contributed by atoms with E-state index >= 15 is 0 Å². The van der Waals surface area contributed by atoms with Crippen molar-refractivity contribution in [2.24, 2.45) is 0 Å². The van der Waals surface area contributed by atoms with Crippen molar-refractivity contribution in [3.05, 3.63) is 34.9 Å². The molecule has 2 rings (SSSR count). The molecule has 110 valence electrons. The average Bonchev–Trinajstić information content (AvgIpc) is 2.47. The van der Waals surface area contributed by atoms with Crippen molar-refractivity contribution >= 4 is 17.5 Å². The fourth-order valence-corrected chi connectivity index (χ4v) is 2.97. The molecule has 0 spiro atoms. The Morgan fingerprint density at radius 2 is 2.00 bits per heavy atom. The Morgan fingerprint density at radius 3 is 2.70 bits per heavy atom. The molecule has 1 aromatic rings. The Labute approximate surface area is 126 Å². The first-order chi connectivity index (χ1) is 9.66. The summed E-state index contributed by atoms with van der Waals surface area (Å²) < 4.78 is 0. The first-order valence-corrected chi connectivity index (χ1v) is 7.75. The predicted octanol–water partition coefficient (Wildman–Crippen LogP) is 3.22. The van der Waals surface area contributed by atoms with Gasteiger partial charge in [0.2, 0.25) is 5.91 Å². The maximum atomic E-state index is 12.0. The van der Waals surface area contributed by atoms with Gasteiger partial charge in [-0.25, -0.2) is 0 Å². The second-order valence-electron chi connectivity index (χ2n) is 5.58. The number of rotatable bonds is 5. The molecular formula is C16H23ClN2O. The molecule has 0 atom stereocenters. The fraction of sp³-hybridized carbons (Fsp3) is 0.562. The molecule has 1 amide bonds. The molecule has 1 aliphatic carbocycles. The Bertz CT molecular complexity index is 444. The molecule has 1 saturated carbocycles. The largest absolute Gasteiger partial charge is 0.351 e. The predicted molar refractivity (Wildman–Crippen MR) is 82.8 cm³/mol. The van der Waals surface area contributed by atoms with Crippen molar-refractivity contribution in [2.45, 2.75) is 44.7 Å². The van der Waals surface area contributed by atoms with E-state index in [1.54, 1.807) is 0 Å². The molecule has 0 aromatic heterocycles. The molecule has 0 saturated heterocycles. The number of nitrogens with one attached hydrogen (secondary N) is 1. The van der Waals surface area contributed by atoms with E-state index in [4.69, 9.17) is 11.6 Å². The molecule has 4 heteroatoms. The molecule has 1 fully saturated rings. The zero-order chi connectivity index (χ0) is 14.4. The van der Waals surface area contributed by atoms with E-state index in [0.717, 1.165) is 5.56 Å². The van der Waals surface area contributed by atoms with Crippen LogP contribution in [0.2, 0.25) is 5.02 Å². The SMILES string of the molecule is CN(CC(=O)NCc1ccccc1Cl)C1CCCCC1. The molecule has 0 radical (unpaired) electrons. The molecule has 1 aliphatic rings. The van der Waals surface area contributed by atoms with Crippen molar-refractivity contribution in [1.29, 1.82) is 0 Å². The monoisotopic (exact) mass is 294 g/mol. The maximum Gasteiger partial charge on any atom is 0.234 e. The molecule has 0 unspecified atom stereocenters. The van der Waals surface area contributed by atoms with Gasteiger partial charge in [0.15, 0.2) is 0 Å². The van der Waals surface area contributed by atoms with Crippen molar-refractivity contribution in [1.82, 2.24) is 10.2 Å². The lowest BCUT2D eigenvalue weighted by Crippen LogP contribution is -2.41. The lowest BCUT2D eigenvalue weighted by atomic mass is 9.94. The topological polar surface area (TPSA) is 32.3 Å². The number of benzene rings is 1. The van der Waals surface area contributed by atoms with E-state index in [1.165, 1.54) is 32.1 Å². The summed E-state index contributed by atoms with van der Waals surface area (Å²) in [4.78, 5) is 14.2. The second kappa shape index (κ2) is 7.65. The summed E-state index contributed by atoms with van der Waals surface area (Å²) in [5.74, 6) is 0.0676. The number of hydrogen-bond donors (Lipinski definition) is 1. The molecule has 1 N–H and O–H groups in total. The van der Waals surface area contributed by atoms with Gasteiger partial charge in [0.25, 0.3) is 0 Å². The van der Waals surface area contributed by atoms with Gasteiger partial charge in [-0.15, -0.1) is 0 Å². The number of nitrogens with zero attached hydrogens (tertiary/aromatic N) is 1. The van der Waals surface area contributed by atoms with Crippen LogP contribution >= 0.6 is 11.6 Å². The first-order valence-electron chi connectivity index (χ1n) is 7.37. The lowest BCUT2D eigenvalue weighted by molar-refractivity contribution is -0.122. The molecular weight excluding hydrogens is 272 g/mol. The van der Waals surface area contributed by atoms with Gasteiger partial charge in [-0.2, -0.15) is 0 Å². The second-order valence-corrected chi connectivity index (χ2v) is 5.98. The van der Waals surface area contributed by atoms with Crippen LogP contribution in [0.25, 0.3) is 0 Å². The van der Waals surface area contributed by atoms with Gasteiger partial charge in [0.05, 0.1) is 6.54 Å². The highest BCUT2D eigenvalue weighted by Gasteiger charge is 2.19. The van der Waals surface area contributed by atoms with Crippen LogP contribution < -0.4 is 5.32 Å². The number of carbonyl (C=O) groups is 1. The Balaban J connectivity index is 1.76. The third kappa shape index (κ3) is 4.50. The average molecular weight is 295 g/mol. The van der Waals surface area contributed by atoms with Crippen molar-refractivity contribution in [2.75, 3.05) is 13.6 Å². The molecule has 0 bridgehead atoms. The minimum absolute atomic E-state index is 0.0676. The highest BCUT2D eigenvalue weighted by atomic mass is 35.5. The highest BCUT2D eigenvalue weighted by Crippen LogP contribution is 2.21. The van der Waals surface area contributed by atoms with Crippen LogP contribution in [-0.4, -0.2) is 30.4 Å². The quantitative estimate of drug-likeness (QED) is 0.904. The summed E-state index contributed by atoms with van der Waals surface area (Å²) in [6.07, 6.45) is 6.35. The van der Waals surface area contributed by atoms with Gasteiger partial charge in [0.1, 0.15) is 0 Å². The number of carbonyl (C=O) groups excluding carboxylic acids is 1. The summed E-state index contributed by atoms with van der Waals surface area (Å²) in [6, 6.07) is 8.17. The maximum absolute atomic E-state index is 12.0. The normalized spacial score (nSPS) is 16.4. The Hall–Kier alpha value is -1.06. The summed E-state index contributed by atoms with van der Waals surface area (Å²) >= 11 is 6.07. The molecule has 0 aliphatic heterocycles. The van der Waals surface area contributed by atoms with E-state index in [2.05, 4.69) is 10.2 Å². The van der Waals surface area contributed by atoms with Crippen molar-refractivity contribution in [3.8, 4) is 0 Å². The van der Waals surface area contributed by atoms with Gasteiger partial charge in [0, 0.05) is 17.6 Å². The zero-order valence-electron chi connectivity index (χ0n) is 12.1. The van der Waals surface area contributed by atoms with Crippen molar-refractivity contribution < 1.29 is 4.79 Å². The smallest absolute Gasteiger partial charge is 0.234 e. The summed E-state index contributed by atoms with van der Waals surface area (Å²) in [5.41, 5.74) is 0.961. The minimum atomic E-state index is 0.0676. The Kier molecular flexibility index (Phi) is 5.86. The van der Waals surface area contributed by atoms with Gasteiger partial charge in [-0.3, -0.25) is 9.69 Å². The zero-order valence-corrected chi connectivity index (χ0v) is 12.8. The van der Waals surface area contributed by atoms with Crippen LogP contribution in [0.4, 0.5) is 0 Å². The van der Waals surface area contributed by atoms with Crippen LogP contribution in [0.5, 0.6) is 0 Å². The summed E-state index contributed by atoms with van der Waals surface area (Å²) in [7, 11) is 2.05. The van der Waals surface area contributed by atoms with Crippen LogP contribution in [-0.2, 0) is 11.3 Å². The van der Waals surface area contributed by atoms with E-state index in [0.29, 0.717) is 24.2 Å². The molecule has 3 nitrogen and oxygen atoms in total. The standard InChI is InChI=1S/C16H23ClN2O/c1-19(14-8-3-2-4-9-14)12-16(20)18-11-13-7-5-6-10-15(13)17/h5-7,10,14H,2-4,8-9,11-12H2,1H3,(H,18,20).